The maximum Gasteiger partial charge on any atom is 0.305 e. The first-order chi connectivity index (χ1) is 16.5. The van der Waals surface area contributed by atoms with E-state index in [0.29, 0.717) is 44.8 Å². The summed E-state index contributed by atoms with van der Waals surface area (Å²) in [5.41, 5.74) is 0.651. The van der Waals surface area contributed by atoms with Crippen molar-refractivity contribution in [2.24, 2.45) is 0 Å². The van der Waals surface area contributed by atoms with Gasteiger partial charge in [0, 0.05) is 45.1 Å². The van der Waals surface area contributed by atoms with E-state index in [4.69, 9.17) is 13.9 Å². The molecule has 1 aliphatic rings. The Bertz CT molecular complexity index is 1020. The SMILES string of the molecule is COC(=O)CCCC(=O)N1CCCN(Cc2cc(=O)c(OCc3cccc(OC)c3)co2)CC1. The first-order valence-electron chi connectivity index (χ1n) is 11.4. The van der Waals surface area contributed by atoms with Crippen molar-refractivity contribution in [3.8, 4) is 11.5 Å². The van der Waals surface area contributed by atoms with Crippen LogP contribution in [-0.2, 0) is 27.5 Å². The molecule has 0 radical (unpaired) electrons. The lowest BCUT2D eigenvalue weighted by molar-refractivity contribution is -0.140. The third-order valence-corrected chi connectivity index (χ3v) is 5.70. The summed E-state index contributed by atoms with van der Waals surface area (Å²) in [6.45, 7) is 3.47. The Morgan fingerprint density at radius 1 is 1.06 bits per heavy atom. The van der Waals surface area contributed by atoms with Gasteiger partial charge < -0.3 is 23.5 Å². The van der Waals surface area contributed by atoms with E-state index in [1.807, 2.05) is 29.2 Å². The predicted molar refractivity (Wildman–Crippen MR) is 125 cm³/mol. The Morgan fingerprint density at radius 3 is 2.68 bits per heavy atom. The average molecular weight is 473 g/mol. The molecule has 0 N–H and O–H groups in total. The molecule has 2 heterocycles. The molecule has 1 aromatic heterocycles. The third-order valence-electron chi connectivity index (χ3n) is 5.70. The van der Waals surface area contributed by atoms with E-state index in [0.717, 1.165) is 24.3 Å². The summed E-state index contributed by atoms with van der Waals surface area (Å²) in [7, 11) is 2.94. The minimum absolute atomic E-state index is 0.0508. The summed E-state index contributed by atoms with van der Waals surface area (Å²) in [5.74, 6) is 1.19. The summed E-state index contributed by atoms with van der Waals surface area (Å²) in [5, 5.41) is 0. The molecule has 1 aliphatic heterocycles. The Kier molecular flexibility index (Phi) is 9.51. The van der Waals surface area contributed by atoms with Gasteiger partial charge in [-0.3, -0.25) is 19.3 Å². The summed E-state index contributed by atoms with van der Waals surface area (Å²) in [4.78, 5) is 40.1. The summed E-state index contributed by atoms with van der Waals surface area (Å²) in [6.07, 6.45) is 3.26. The van der Waals surface area contributed by atoms with Gasteiger partial charge in [0.25, 0.3) is 0 Å². The molecule has 34 heavy (non-hydrogen) atoms. The number of ether oxygens (including phenoxy) is 3. The van der Waals surface area contributed by atoms with E-state index < -0.39 is 0 Å². The van der Waals surface area contributed by atoms with Crippen LogP contribution in [0.2, 0.25) is 0 Å². The van der Waals surface area contributed by atoms with Gasteiger partial charge in [0.1, 0.15) is 24.4 Å². The molecule has 9 heteroatoms. The second-order valence-electron chi connectivity index (χ2n) is 8.16. The zero-order valence-electron chi connectivity index (χ0n) is 19.8. The summed E-state index contributed by atoms with van der Waals surface area (Å²) in [6, 6.07) is 8.91. The van der Waals surface area contributed by atoms with Crippen molar-refractivity contribution in [2.45, 2.75) is 38.8 Å². The van der Waals surface area contributed by atoms with Gasteiger partial charge in [-0.1, -0.05) is 12.1 Å². The fraction of sp³-hybridized carbons (Fsp3) is 0.480. The molecule has 1 saturated heterocycles. The number of hydrogen-bond acceptors (Lipinski definition) is 8. The van der Waals surface area contributed by atoms with Crippen molar-refractivity contribution in [3.63, 3.8) is 0 Å². The van der Waals surface area contributed by atoms with Gasteiger partial charge in [-0.2, -0.15) is 0 Å². The van der Waals surface area contributed by atoms with Gasteiger partial charge in [-0.15, -0.1) is 0 Å². The highest BCUT2D eigenvalue weighted by atomic mass is 16.5. The molecule has 3 rings (SSSR count). The second kappa shape index (κ2) is 12.8. The average Bonchev–Trinajstić information content (AvgIpc) is 3.09. The Hall–Kier alpha value is -3.33. The van der Waals surface area contributed by atoms with Crippen LogP contribution >= 0.6 is 0 Å². The number of carbonyl (C=O) groups excluding carboxylic acids is 2. The van der Waals surface area contributed by atoms with E-state index in [9.17, 15) is 14.4 Å². The molecule has 0 unspecified atom stereocenters. The van der Waals surface area contributed by atoms with Crippen molar-refractivity contribution in [3.05, 3.63) is 58.1 Å². The van der Waals surface area contributed by atoms with Crippen molar-refractivity contribution in [1.82, 2.24) is 9.80 Å². The van der Waals surface area contributed by atoms with Crippen LogP contribution < -0.4 is 14.9 Å². The molecular formula is C25H32N2O7. The molecule has 0 atom stereocenters. The lowest BCUT2D eigenvalue weighted by Crippen LogP contribution is -2.35. The fourth-order valence-corrected chi connectivity index (χ4v) is 3.79. The van der Waals surface area contributed by atoms with Gasteiger partial charge in [-0.25, -0.2) is 0 Å². The highest BCUT2D eigenvalue weighted by molar-refractivity contribution is 5.77. The number of carbonyl (C=O) groups is 2. The molecule has 0 bridgehead atoms. The molecular weight excluding hydrogens is 440 g/mol. The number of hydrogen-bond donors (Lipinski definition) is 0. The van der Waals surface area contributed by atoms with Gasteiger partial charge in [0.05, 0.1) is 20.8 Å². The van der Waals surface area contributed by atoms with Crippen LogP contribution in [0.5, 0.6) is 11.5 Å². The first kappa shape index (κ1) is 25.3. The largest absolute Gasteiger partial charge is 0.497 e. The van der Waals surface area contributed by atoms with Crippen molar-refractivity contribution >= 4 is 11.9 Å². The first-order valence-corrected chi connectivity index (χ1v) is 11.4. The van der Waals surface area contributed by atoms with Crippen molar-refractivity contribution < 1.29 is 28.2 Å². The zero-order valence-corrected chi connectivity index (χ0v) is 19.8. The Morgan fingerprint density at radius 2 is 1.91 bits per heavy atom. The van der Waals surface area contributed by atoms with Crippen LogP contribution in [0.1, 0.15) is 37.0 Å². The molecule has 1 aromatic carbocycles. The van der Waals surface area contributed by atoms with Gasteiger partial charge in [0.2, 0.25) is 17.1 Å². The molecule has 2 aromatic rings. The molecule has 1 fully saturated rings. The monoisotopic (exact) mass is 472 g/mol. The number of nitrogens with zero attached hydrogens (tertiary/aromatic N) is 2. The minimum atomic E-state index is -0.298. The number of benzene rings is 1. The van der Waals surface area contributed by atoms with Crippen LogP contribution in [0.25, 0.3) is 0 Å². The predicted octanol–water partition coefficient (Wildman–Crippen LogP) is 2.60. The Labute approximate surface area is 199 Å². The van der Waals surface area contributed by atoms with Crippen LogP contribution in [0.4, 0.5) is 0 Å². The summed E-state index contributed by atoms with van der Waals surface area (Å²) < 4.78 is 21.1. The standard InChI is InChI=1S/C25H32N2O7/c1-31-20-7-3-6-19(14-20)17-34-23-18-33-21(15-22(23)28)16-26-10-5-11-27(13-12-26)24(29)8-4-9-25(30)32-2/h3,6-7,14-15,18H,4-5,8-13,16-17H2,1-2H3. The maximum atomic E-state index is 12.5. The van der Waals surface area contributed by atoms with E-state index in [2.05, 4.69) is 9.64 Å². The molecule has 184 valence electrons. The van der Waals surface area contributed by atoms with E-state index in [1.54, 1.807) is 7.11 Å². The third kappa shape index (κ3) is 7.62. The highest BCUT2D eigenvalue weighted by Gasteiger charge is 2.20. The van der Waals surface area contributed by atoms with Crippen LogP contribution in [-0.4, -0.2) is 62.1 Å². The quantitative estimate of drug-likeness (QED) is 0.487. The topological polar surface area (TPSA) is 98.5 Å². The second-order valence-corrected chi connectivity index (χ2v) is 8.16. The highest BCUT2D eigenvalue weighted by Crippen LogP contribution is 2.16. The molecule has 0 aliphatic carbocycles. The maximum absolute atomic E-state index is 12.5. The normalized spacial score (nSPS) is 14.4. The van der Waals surface area contributed by atoms with Gasteiger partial charge in [-0.05, 0) is 30.5 Å². The zero-order chi connectivity index (χ0) is 24.3. The number of esters is 1. The minimum Gasteiger partial charge on any atom is -0.497 e. The van der Waals surface area contributed by atoms with E-state index >= 15 is 0 Å². The van der Waals surface area contributed by atoms with Crippen LogP contribution in [0.15, 0.2) is 45.8 Å². The van der Waals surface area contributed by atoms with Crippen LogP contribution in [0.3, 0.4) is 0 Å². The number of amides is 1. The van der Waals surface area contributed by atoms with Gasteiger partial charge in [0.15, 0.2) is 0 Å². The van der Waals surface area contributed by atoms with Crippen molar-refractivity contribution in [1.29, 1.82) is 0 Å². The van der Waals surface area contributed by atoms with Crippen LogP contribution in [0, 0.1) is 0 Å². The molecule has 9 nitrogen and oxygen atoms in total. The lowest BCUT2D eigenvalue weighted by atomic mass is 10.2. The number of methoxy groups -OCH3 is 2. The van der Waals surface area contributed by atoms with E-state index in [-0.39, 0.29) is 36.1 Å². The smallest absolute Gasteiger partial charge is 0.305 e. The fourth-order valence-electron chi connectivity index (χ4n) is 3.79. The number of rotatable bonds is 10. The van der Waals surface area contributed by atoms with E-state index in [1.165, 1.54) is 19.4 Å². The Balaban J connectivity index is 1.48. The lowest BCUT2D eigenvalue weighted by Gasteiger charge is -2.21. The molecule has 1 amide bonds. The summed E-state index contributed by atoms with van der Waals surface area (Å²) >= 11 is 0. The molecule has 0 saturated carbocycles. The van der Waals surface area contributed by atoms with Gasteiger partial charge >= 0.3 is 5.97 Å². The molecule has 0 spiro atoms. The van der Waals surface area contributed by atoms with Crippen molar-refractivity contribution in [2.75, 3.05) is 40.4 Å².